The maximum atomic E-state index is 13.5. The maximum absolute atomic E-state index is 13.5. The summed E-state index contributed by atoms with van der Waals surface area (Å²) in [6.07, 6.45) is 4.57. The van der Waals surface area contributed by atoms with Crippen LogP contribution in [-0.4, -0.2) is 39.0 Å². The first-order chi connectivity index (χ1) is 15.9. The van der Waals surface area contributed by atoms with Crippen molar-refractivity contribution in [1.29, 1.82) is 0 Å². The summed E-state index contributed by atoms with van der Waals surface area (Å²) in [5.74, 6) is -1.46. The van der Waals surface area contributed by atoms with Crippen LogP contribution in [0.4, 0.5) is 20.6 Å². The van der Waals surface area contributed by atoms with E-state index in [0.717, 1.165) is 11.3 Å². The topological polar surface area (TPSA) is 110 Å². The minimum absolute atomic E-state index is 0.0574. The van der Waals surface area contributed by atoms with Crippen LogP contribution in [0.3, 0.4) is 0 Å². The summed E-state index contributed by atoms with van der Waals surface area (Å²) in [4.78, 5) is 30.1. The summed E-state index contributed by atoms with van der Waals surface area (Å²) in [6, 6.07) is 6.69. The maximum Gasteiger partial charge on any atom is 0.327 e. The number of urea groups is 1. The van der Waals surface area contributed by atoms with Gasteiger partial charge in [-0.15, -0.1) is 0 Å². The van der Waals surface area contributed by atoms with E-state index in [-0.39, 0.29) is 11.7 Å². The Labute approximate surface area is 193 Å². The molecule has 0 radical (unpaired) electrons. The van der Waals surface area contributed by atoms with Gasteiger partial charge in [0.2, 0.25) is 5.88 Å². The predicted molar refractivity (Wildman–Crippen MR) is 119 cm³/mol. The van der Waals surface area contributed by atoms with Gasteiger partial charge in [0.15, 0.2) is 0 Å². The first-order valence-corrected chi connectivity index (χ1v) is 10.5. The molecule has 2 aromatic heterocycles. The lowest BCUT2D eigenvalue weighted by Crippen LogP contribution is -2.37. The van der Waals surface area contributed by atoms with E-state index in [4.69, 9.17) is 16.3 Å². The summed E-state index contributed by atoms with van der Waals surface area (Å²) in [5.41, 5.74) is 2.54. The number of amides is 2. The summed E-state index contributed by atoms with van der Waals surface area (Å²) >= 11 is 5.84. The number of hydrogen-bond donors (Lipinski definition) is 2. The average molecular weight is 474 g/mol. The zero-order valence-corrected chi connectivity index (χ0v) is 18.4. The zero-order chi connectivity index (χ0) is 23.5. The fourth-order valence-corrected chi connectivity index (χ4v) is 3.92. The Morgan fingerprint density at radius 1 is 1.33 bits per heavy atom. The molecule has 1 aliphatic rings. The molecule has 1 aromatic carbocycles. The van der Waals surface area contributed by atoms with E-state index >= 15 is 0 Å². The molecule has 0 saturated carbocycles. The third-order valence-electron chi connectivity index (χ3n) is 5.51. The SMILES string of the molecule is COc1ccc(N(Cn2ncc3c2CCC(C(=O)O)C3)C(=O)Nc2ccc(F)c(Cl)c2)cn1. The second-order valence-electron chi connectivity index (χ2n) is 7.58. The number of aliphatic carboxylic acids is 1. The molecule has 33 heavy (non-hydrogen) atoms. The number of halogens is 2. The lowest BCUT2D eigenvalue weighted by Gasteiger charge is -2.25. The van der Waals surface area contributed by atoms with Crippen molar-refractivity contribution in [2.24, 2.45) is 5.92 Å². The van der Waals surface area contributed by atoms with E-state index in [2.05, 4.69) is 15.4 Å². The number of nitrogens with one attached hydrogen (secondary N) is 1. The lowest BCUT2D eigenvalue weighted by molar-refractivity contribution is -0.142. The van der Waals surface area contributed by atoms with Gasteiger partial charge in [0, 0.05) is 17.4 Å². The van der Waals surface area contributed by atoms with Gasteiger partial charge in [-0.2, -0.15) is 5.10 Å². The molecule has 1 atom stereocenters. The van der Waals surface area contributed by atoms with E-state index in [1.165, 1.54) is 36.4 Å². The zero-order valence-electron chi connectivity index (χ0n) is 17.7. The van der Waals surface area contributed by atoms with Crippen LogP contribution in [0.15, 0.2) is 42.7 Å². The van der Waals surface area contributed by atoms with Crippen LogP contribution in [0, 0.1) is 11.7 Å². The predicted octanol–water partition coefficient (Wildman–Crippen LogP) is 3.96. The molecule has 0 aliphatic heterocycles. The number of pyridine rings is 1. The molecular weight excluding hydrogens is 453 g/mol. The Morgan fingerprint density at radius 3 is 2.82 bits per heavy atom. The number of anilines is 2. The van der Waals surface area contributed by atoms with E-state index in [1.54, 1.807) is 23.0 Å². The number of hydrogen-bond acceptors (Lipinski definition) is 5. The van der Waals surface area contributed by atoms with Gasteiger partial charge in [0.05, 0.1) is 36.1 Å². The number of ether oxygens (including phenoxy) is 1. The summed E-state index contributed by atoms with van der Waals surface area (Å²) < 4.78 is 20.3. The van der Waals surface area contributed by atoms with Crippen molar-refractivity contribution in [3.8, 4) is 5.88 Å². The van der Waals surface area contributed by atoms with Crippen LogP contribution in [0.1, 0.15) is 17.7 Å². The number of carboxylic acid groups (broad SMARTS) is 1. The van der Waals surface area contributed by atoms with Gasteiger partial charge in [0.25, 0.3) is 0 Å². The number of aromatic nitrogens is 3. The van der Waals surface area contributed by atoms with Crippen LogP contribution in [0.25, 0.3) is 0 Å². The summed E-state index contributed by atoms with van der Waals surface area (Å²) in [7, 11) is 1.49. The number of carboxylic acids is 1. The molecule has 0 spiro atoms. The van der Waals surface area contributed by atoms with Crippen LogP contribution >= 0.6 is 11.6 Å². The fraction of sp³-hybridized carbons (Fsp3) is 0.273. The number of rotatable bonds is 6. The molecule has 1 aliphatic carbocycles. The highest BCUT2D eigenvalue weighted by molar-refractivity contribution is 6.31. The number of methoxy groups -OCH3 is 1. The number of benzene rings is 1. The van der Waals surface area contributed by atoms with E-state index < -0.39 is 23.7 Å². The van der Waals surface area contributed by atoms with Gasteiger partial charge in [-0.05, 0) is 49.1 Å². The molecule has 4 rings (SSSR count). The lowest BCUT2D eigenvalue weighted by atomic mass is 9.88. The van der Waals surface area contributed by atoms with E-state index in [0.29, 0.717) is 36.5 Å². The highest BCUT2D eigenvalue weighted by Gasteiger charge is 2.28. The number of carbonyl (C=O) groups excluding carboxylic acids is 1. The van der Waals surface area contributed by atoms with Gasteiger partial charge >= 0.3 is 12.0 Å². The third-order valence-corrected chi connectivity index (χ3v) is 5.80. The van der Waals surface area contributed by atoms with Gasteiger partial charge in [-0.25, -0.2) is 18.9 Å². The van der Waals surface area contributed by atoms with Gasteiger partial charge in [0.1, 0.15) is 12.5 Å². The second kappa shape index (κ2) is 9.45. The molecule has 2 heterocycles. The minimum Gasteiger partial charge on any atom is -0.481 e. The highest BCUT2D eigenvalue weighted by Crippen LogP contribution is 2.27. The van der Waals surface area contributed by atoms with Crippen molar-refractivity contribution >= 4 is 35.0 Å². The quantitative estimate of drug-likeness (QED) is 0.560. The van der Waals surface area contributed by atoms with Crippen molar-refractivity contribution in [2.45, 2.75) is 25.9 Å². The number of nitrogens with zero attached hydrogens (tertiary/aromatic N) is 4. The second-order valence-corrected chi connectivity index (χ2v) is 7.99. The van der Waals surface area contributed by atoms with Crippen LogP contribution in [-0.2, 0) is 24.3 Å². The van der Waals surface area contributed by atoms with E-state index in [9.17, 15) is 19.1 Å². The normalized spacial score (nSPS) is 14.9. The van der Waals surface area contributed by atoms with Gasteiger partial charge in [-0.3, -0.25) is 9.69 Å². The molecule has 0 fully saturated rings. The molecule has 1 unspecified atom stereocenters. The Hall–Kier alpha value is -3.66. The standard InChI is InChI=1S/C22H21ClFN5O4/c1-33-20-7-4-16(11-25-20)28(22(32)27-15-3-5-18(24)17(23)9-15)12-29-19-6-2-13(21(30)31)8-14(19)10-26-29/h3-5,7,9-11,13H,2,6,8,12H2,1H3,(H,27,32)(H,30,31). The first-order valence-electron chi connectivity index (χ1n) is 10.2. The molecular formula is C22H21ClFN5O4. The van der Waals surface area contributed by atoms with Gasteiger partial charge in [-0.1, -0.05) is 11.6 Å². The highest BCUT2D eigenvalue weighted by atomic mass is 35.5. The minimum atomic E-state index is -0.823. The van der Waals surface area contributed by atoms with Crippen LogP contribution < -0.4 is 15.0 Å². The molecule has 0 saturated heterocycles. The number of fused-ring (bicyclic) bond motifs is 1. The van der Waals surface area contributed by atoms with Crippen molar-refractivity contribution in [1.82, 2.24) is 14.8 Å². The summed E-state index contributed by atoms with van der Waals surface area (Å²) in [6.45, 7) is 0.0574. The van der Waals surface area contributed by atoms with E-state index in [1.807, 2.05) is 0 Å². The third kappa shape index (κ3) is 4.90. The molecule has 9 nitrogen and oxygen atoms in total. The molecule has 0 bridgehead atoms. The molecule has 3 aromatic rings. The first kappa shape index (κ1) is 22.5. The van der Waals surface area contributed by atoms with Crippen molar-refractivity contribution < 1.29 is 23.8 Å². The molecule has 172 valence electrons. The smallest absolute Gasteiger partial charge is 0.327 e. The molecule has 2 N–H and O–H groups in total. The Morgan fingerprint density at radius 2 is 2.15 bits per heavy atom. The van der Waals surface area contributed by atoms with Crippen molar-refractivity contribution in [3.63, 3.8) is 0 Å². The Balaban J connectivity index is 1.61. The number of carbonyl (C=O) groups is 2. The summed E-state index contributed by atoms with van der Waals surface area (Å²) in [5, 5.41) is 16.3. The Bertz CT molecular complexity index is 1180. The van der Waals surface area contributed by atoms with Crippen molar-refractivity contribution in [2.75, 3.05) is 17.3 Å². The van der Waals surface area contributed by atoms with Crippen LogP contribution in [0.2, 0.25) is 5.02 Å². The molecule has 2 amide bonds. The Kier molecular flexibility index (Phi) is 6.45. The van der Waals surface area contributed by atoms with Crippen molar-refractivity contribution in [3.05, 3.63) is 64.8 Å². The monoisotopic (exact) mass is 473 g/mol. The van der Waals surface area contributed by atoms with Gasteiger partial charge < -0.3 is 15.2 Å². The molecule has 11 heteroatoms. The van der Waals surface area contributed by atoms with Crippen LogP contribution in [0.5, 0.6) is 5.88 Å². The largest absolute Gasteiger partial charge is 0.481 e. The fourth-order valence-electron chi connectivity index (χ4n) is 3.74. The average Bonchev–Trinajstić information content (AvgIpc) is 3.22.